The van der Waals surface area contributed by atoms with Gasteiger partial charge in [0.2, 0.25) is 10.0 Å². The summed E-state index contributed by atoms with van der Waals surface area (Å²) in [6, 6.07) is 0. The summed E-state index contributed by atoms with van der Waals surface area (Å²) in [5.74, 6) is 1.84. The summed E-state index contributed by atoms with van der Waals surface area (Å²) in [6.07, 6.45) is 6.04. The second-order valence-corrected chi connectivity index (χ2v) is 9.11. The second kappa shape index (κ2) is 7.30. The third kappa shape index (κ3) is 4.58. The van der Waals surface area contributed by atoms with Gasteiger partial charge in [-0.3, -0.25) is 0 Å². The van der Waals surface area contributed by atoms with E-state index in [1.54, 1.807) is 0 Å². The van der Waals surface area contributed by atoms with E-state index >= 15 is 0 Å². The molecular formula is C16H25N3O5S. The van der Waals surface area contributed by atoms with Gasteiger partial charge < -0.3 is 14.0 Å². The van der Waals surface area contributed by atoms with Crippen LogP contribution in [0.1, 0.15) is 68.7 Å². The molecule has 1 aliphatic carbocycles. The Hall–Kier alpha value is -1.03. The lowest BCUT2D eigenvalue weighted by Gasteiger charge is -2.14. The summed E-state index contributed by atoms with van der Waals surface area (Å²) in [5.41, 5.74) is 0. The van der Waals surface area contributed by atoms with Crippen LogP contribution in [0.5, 0.6) is 0 Å². The van der Waals surface area contributed by atoms with E-state index in [1.807, 2.05) is 0 Å². The average molecular weight is 371 g/mol. The van der Waals surface area contributed by atoms with Crippen LogP contribution in [-0.4, -0.2) is 49.7 Å². The average Bonchev–Trinajstić information content (AvgIpc) is 3.04. The third-order valence-electron chi connectivity index (χ3n) is 5.05. The van der Waals surface area contributed by atoms with Gasteiger partial charge in [-0.15, -0.1) is 0 Å². The summed E-state index contributed by atoms with van der Waals surface area (Å²) < 4.78 is 43.5. The predicted molar refractivity (Wildman–Crippen MR) is 88.5 cm³/mol. The Labute approximate surface area is 147 Å². The van der Waals surface area contributed by atoms with Crippen LogP contribution in [0.3, 0.4) is 0 Å². The van der Waals surface area contributed by atoms with Gasteiger partial charge in [-0.2, -0.15) is 4.98 Å². The van der Waals surface area contributed by atoms with Crippen LogP contribution in [0.25, 0.3) is 0 Å². The maximum absolute atomic E-state index is 12.1. The van der Waals surface area contributed by atoms with Gasteiger partial charge in [-0.25, -0.2) is 13.1 Å². The lowest BCUT2D eigenvalue weighted by Crippen LogP contribution is -2.34. The molecule has 0 unspecified atom stereocenters. The molecule has 1 N–H and O–H groups in total. The van der Waals surface area contributed by atoms with Crippen molar-refractivity contribution >= 4 is 10.0 Å². The molecule has 3 aliphatic rings. The predicted octanol–water partition coefficient (Wildman–Crippen LogP) is 1.66. The molecule has 3 heterocycles. The fourth-order valence-electron chi connectivity index (χ4n) is 3.37. The van der Waals surface area contributed by atoms with E-state index in [1.165, 1.54) is 0 Å². The van der Waals surface area contributed by atoms with Crippen LogP contribution in [0, 0.1) is 0 Å². The fourth-order valence-corrected chi connectivity index (χ4v) is 4.53. The smallest absolute Gasteiger partial charge is 0.255 e. The summed E-state index contributed by atoms with van der Waals surface area (Å²) >= 11 is 0. The molecule has 2 saturated heterocycles. The quantitative estimate of drug-likeness (QED) is 0.741. The maximum Gasteiger partial charge on any atom is 0.255 e. The highest BCUT2D eigenvalue weighted by molar-refractivity contribution is 7.89. The molecular weight excluding hydrogens is 346 g/mol. The van der Waals surface area contributed by atoms with Crippen molar-refractivity contribution in [1.29, 1.82) is 0 Å². The molecule has 3 fully saturated rings. The van der Waals surface area contributed by atoms with Crippen molar-refractivity contribution in [3.63, 3.8) is 0 Å². The van der Waals surface area contributed by atoms with Crippen LogP contribution in [-0.2, 0) is 19.5 Å². The molecule has 25 heavy (non-hydrogen) atoms. The van der Waals surface area contributed by atoms with Crippen molar-refractivity contribution in [2.75, 3.05) is 18.9 Å². The molecule has 0 aromatic carbocycles. The van der Waals surface area contributed by atoms with Gasteiger partial charge in [0.25, 0.3) is 5.89 Å². The summed E-state index contributed by atoms with van der Waals surface area (Å²) in [4.78, 5) is 4.42. The van der Waals surface area contributed by atoms with Crippen molar-refractivity contribution in [1.82, 2.24) is 14.9 Å². The Morgan fingerprint density at radius 3 is 2.76 bits per heavy atom. The molecule has 1 aromatic heterocycles. The molecule has 0 radical (unpaired) electrons. The molecule has 1 aromatic rings. The van der Waals surface area contributed by atoms with Crippen LogP contribution in [0.2, 0.25) is 0 Å². The Morgan fingerprint density at radius 1 is 1.12 bits per heavy atom. The first-order valence-corrected chi connectivity index (χ1v) is 10.8. The van der Waals surface area contributed by atoms with Gasteiger partial charge >= 0.3 is 0 Å². The highest BCUT2D eigenvalue weighted by Gasteiger charge is 2.34. The highest BCUT2D eigenvalue weighted by atomic mass is 32.2. The van der Waals surface area contributed by atoms with E-state index in [0.29, 0.717) is 18.2 Å². The number of hydrogen-bond acceptors (Lipinski definition) is 7. The largest absolute Gasteiger partial charge is 0.378 e. The lowest BCUT2D eigenvalue weighted by atomic mass is 10.2. The van der Waals surface area contributed by atoms with E-state index in [9.17, 15) is 8.42 Å². The van der Waals surface area contributed by atoms with Gasteiger partial charge in [0.15, 0.2) is 5.82 Å². The topological polar surface area (TPSA) is 104 Å². The standard InChI is InChI=1S/C16H25N3O5S/c20-25(21,9-7-12-2-1-8-22-12)17-10-13-5-6-14(23-13)16-18-15(19-24-16)11-3-4-11/h11-14,17H,1-10H2/t12-,13-,14+/m1/s1. The summed E-state index contributed by atoms with van der Waals surface area (Å²) in [7, 11) is -3.30. The Kier molecular flexibility index (Phi) is 5.08. The number of nitrogens with zero attached hydrogens (tertiary/aromatic N) is 2. The molecule has 2 aliphatic heterocycles. The zero-order chi connectivity index (χ0) is 17.3. The van der Waals surface area contributed by atoms with Gasteiger partial charge in [-0.1, -0.05) is 5.16 Å². The van der Waals surface area contributed by atoms with Crippen molar-refractivity contribution in [2.24, 2.45) is 0 Å². The number of rotatable bonds is 8. The Balaban J connectivity index is 1.21. The first kappa shape index (κ1) is 17.4. The normalized spacial score (nSPS) is 30.2. The van der Waals surface area contributed by atoms with Gasteiger partial charge in [0, 0.05) is 19.1 Å². The number of ether oxygens (including phenoxy) is 2. The molecule has 1 saturated carbocycles. The van der Waals surface area contributed by atoms with E-state index in [2.05, 4.69) is 14.9 Å². The van der Waals surface area contributed by atoms with Crippen molar-refractivity contribution in [2.45, 2.75) is 69.2 Å². The van der Waals surface area contributed by atoms with Crippen LogP contribution < -0.4 is 4.72 Å². The fraction of sp³-hybridized carbons (Fsp3) is 0.875. The minimum Gasteiger partial charge on any atom is -0.378 e. The van der Waals surface area contributed by atoms with Crippen molar-refractivity contribution < 1.29 is 22.4 Å². The van der Waals surface area contributed by atoms with E-state index < -0.39 is 10.0 Å². The molecule has 3 atom stereocenters. The summed E-state index contributed by atoms with van der Waals surface area (Å²) in [6.45, 7) is 1.03. The van der Waals surface area contributed by atoms with Crippen molar-refractivity contribution in [3.05, 3.63) is 11.7 Å². The highest BCUT2D eigenvalue weighted by Crippen LogP contribution is 2.39. The minimum atomic E-state index is -3.30. The maximum atomic E-state index is 12.1. The van der Waals surface area contributed by atoms with Crippen LogP contribution >= 0.6 is 0 Å². The summed E-state index contributed by atoms with van der Waals surface area (Å²) in [5, 5.41) is 4.01. The van der Waals surface area contributed by atoms with Gasteiger partial charge in [-0.05, 0) is 44.9 Å². The molecule has 9 heteroatoms. The number of hydrogen-bond donors (Lipinski definition) is 1. The van der Waals surface area contributed by atoms with Gasteiger partial charge in [0.1, 0.15) is 6.10 Å². The molecule has 4 rings (SSSR count). The Morgan fingerprint density at radius 2 is 2.00 bits per heavy atom. The first-order chi connectivity index (χ1) is 12.1. The first-order valence-electron chi connectivity index (χ1n) is 9.17. The van der Waals surface area contributed by atoms with E-state index in [0.717, 1.165) is 51.0 Å². The monoisotopic (exact) mass is 371 g/mol. The molecule has 0 spiro atoms. The van der Waals surface area contributed by atoms with E-state index in [-0.39, 0.29) is 30.6 Å². The minimum absolute atomic E-state index is 0.0851. The molecule has 140 valence electrons. The lowest BCUT2D eigenvalue weighted by molar-refractivity contribution is 0.0289. The van der Waals surface area contributed by atoms with Crippen molar-refractivity contribution in [3.8, 4) is 0 Å². The molecule has 0 amide bonds. The van der Waals surface area contributed by atoms with E-state index in [4.69, 9.17) is 14.0 Å². The Bertz CT molecular complexity index is 682. The third-order valence-corrected chi connectivity index (χ3v) is 6.43. The molecule has 0 bridgehead atoms. The zero-order valence-corrected chi connectivity index (χ0v) is 15.0. The zero-order valence-electron chi connectivity index (χ0n) is 14.2. The van der Waals surface area contributed by atoms with Crippen LogP contribution in [0.15, 0.2) is 4.52 Å². The van der Waals surface area contributed by atoms with Crippen LogP contribution in [0.4, 0.5) is 0 Å². The molecule has 8 nitrogen and oxygen atoms in total. The second-order valence-electron chi connectivity index (χ2n) is 7.18. The number of sulfonamides is 1. The SMILES string of the molecule is O=S(=O)(CC[C@H]1CCCO1)NC[C@H]1CC[C@@H](c2nc(C3CC3)no2)O1. The number of nitrogens with one attached hydrogen (secondary N) is 1. The number of aromatic nitrogens is 2. The van der Waals surface area contributed by atoms with Gasteiger partial charge in [0.05, 0.1) is 18.0 Å².